The molecule has 26 heavy (non-hydrogen) atoms. The van der Waals surface area contributed by atoms with Crippen LogP contribution >= 0.6 is 0 Å². The standard InChI is InChI=1S/C19H18F3N3O/c20-19(21,22)16-8-1-2-9-17(16)24-18(26)23-13-14-6-5-7-15(12-14)25-10-3-4-11-25/h1-9,12H,10-11,13H2,(H2,23,24,26). The number of alkyl halides is 3. The van der Waals surface area contributed by atoms with Gasteiger partial charge in [-0.1, -0.05) is 36.4 Å². The number of benzene rings is 2. The van der Waals surface area contributed by atoms with Crippen LogP contribution in [0.15, 0.2) is 60.7 Å². The van der Waals surface area contributed by atoms with Gasteiger partial charge in [0.05, 0.1) is 11.3 Å². The first kappa shape index (κ1) is 17.8. The third-order valence-corrected chi connectivity index (χ3v) is 4.03. The summed E-state index contributed by atoms with van der Waals surface area (Å²) in [5.41, 5.74) is 0.763. The van der Waals surface area contributed by atoms with Crippen molar-refractivity contribution in [3.05, 3.63) is 71.8 Å². The Morgan fingerprint density at radius 1 is 1.04 bits per heavy atom. The van der Waals surface area contributed by atoms with Gasteiger partial charge in [-0.25, -0.2) is 4.79 Å². The van der Waals surface area contributed by atoms with Crippen LogP contribution in [0.2, 0.25) is 0 Å². The highest BCUT2D eigenvalue weighted by molar-refractivity contribution is 5.90. The fourth-order valence-corrected chi connectivity index (χ4v) is 2.74. The highest BCUT2D eigenvalue weighted by Crippen LogP contribution is 2.34. The number of amides is 2. The molecule has 1 heterocycles. The molecule has 0 saturated heterocycles. The molecule has 1 aliphatic rings. The molecule has 0 fully saturated rings. The van der Waals surface area contributed by atoms with Gasteiger partial charge in [0, 0.05) is 25.3 Å². The van der Waals surface area contributed by atoms with Gasteiger partial charge in [0.15, 0.2) is 0 Å². The fourth-order valence-electron chi connectivity index (χ4n) is 2.74. The molecule has 0 saturated carbocycles. The summed E-state index contributed by atoms with van der Waals surface area (Å²) in [4.78, 5) is 14.2. The van der Waals surface area contributed by atoms with Crippen LogP contribution in [0.1, 0.15) is 11.1 Å². The monoisotopic (exact) mass is 361 g/mol. The molecule has 4 nitrogen and oxygen atoms in total. The van der Waals surface area contributed by atoms with Crippen molar-refractivity contribution in [3.8, 4) is 0 Å². The quantitative estimate of drug-likeness (QED) is 0.793. The Kier molecular flexibility index (Phi) is 5.16. The number of nitrogens with zero attached hydrogens (tertiary/aromatic N) is 1. The van der Waals surface area contributed by atoms with Gasteiger partial charge in [0.25, 0.3) is 0 Å². The molecule has 0 spiro atoms. The summed E-state index contributed by atoms with van der Waals surface area (Å²) < 4.78 is 38.9. The number of nitrogens with one attached hydrogen (secondary N) is 2. The number of urea groups is 1. The van der Waals surface area contributed by atoms with E-state index in [2.05, 4.69) is 27.7 Å². The van der Waals surface area contributed by atoms with E-state index in [1.54, 1.807) is 0 Å². The lowest BCUT2D eigenvalue weighted by atomic mass is 10.1. The van der Waals surface area contributed by atoms with Crippen molar-refractivity contribution >= 4 is 17.4 Å². The zero-order valence-corrected chi connectivity index (χ0v) is 13.9. The van der Waals surface area contributed by atoms with Gasteiger partial charge in [-0.2, -0.15) is 13.2 Å². The first-order chi connectivity index (χ1) is 12.4. The molecule has 0 bridgehead atoms. The normalized spacial score (nSPS) is 13.7. The molecule has 136 valence electrons. The van der Waals surface area contributed by atoms with Crippen LogP contribution in [0.5, 0.6) is 0 Å². The van der Waals surface area contributed by atoms with Crippen molar-refractivity contribution in [3.63, 3.8) is 0 Å². The summed E-state index contributed by atoms with van der Waals surface area (Å²) in [5, 5.41) is 4.86. The van der Waals surface area contributed by atoms with Crippen molar-refractivity contribution in [1.82, 2.24) is 5.32 Å². The number of para-hydroxylation sites is 1. The SMILES string of the molecule is O=C(NCc1cccc(N2CC=CC2)c1)Nc1ccccc1C(F)(F)F. The molecule has 3 rings (SSSR count). The molecule has 2 aromatic carbocycles. The van der Waals surface area contributed by atoms with Crippen molar-refractivity contribution in [2.24, 2.45) is 0 Å². The first-order valence-corrected chi connectivity index (χ1v) is 8.13. The summed E-state index contributed by atoms with van der Waals surface area (Å²) in [6, 6.07) is 11.9. The van der Waals surface area contributed by atoms with Crippen molar-refractivity contribution in [2.45, 2.75) is 12.7 Å². The van der Waals surface area contributed by atoms with Crippen molar-refractivity contribution < 1.29 is 18.0 Å². The van der Waals surface area contributed by atoms with E-state index in [1.165, 1.54) is 18.2 Å². The molecule has 2 aromatic rings. The van der Waals surface area contributed by atoms with Crippen LogP contribution in [-0.4, -0.2) is 19.1 Å². The van der Waals surface area contributed by atoms with E-state index in [0.717, 1.165) is 30.4 Å². The van der Waals surface area contributed by atoms with Crippen LogP contribution in [0.3, 0.4) is 0 Å². The second kappa shape index (κ2) is 7.51. The summed E-state index contributed by atoms with van der Waals surface area (Å²) in [5.74, 6) is 0. The molecule has 0 aromatic heterocycles. The van der Waals surface area contributed by atoms with E-state index in [-0.39, 0.29) is 12.2 Å². The minimum atomic E-state index is -4.53. The molecular formula is C19H18F3N3O. The largest absolute Gasteiger partial charge is 0.418 e. The van der Waals surface area contributed by atoms with Gasteiger partial charge < -0.3 is 15.5 Å². The Morgan fingerprint density at radius 2 is 1.77 bits per heavy atom. The Balaban J connectivity index is 1.61. The van der Waals surface area contributed by atoms with E-state index in [9.17, 15) is 18.0 Å². The average molecular weight is 361 g/mol. The van der Waals surface area contributed by atoms with Gasteiger partial charge >= 0.3 is 12.2 Å². The molecule has 0 atom stereocenters. The average Bonchev–Trinajstić information content (AvgIpc) is 3.14. The highest BCUT2D eigenvalue weighted by Gasteiger charge is 2.33. The predicted octanol–water partition coefficient (Wildman–Crippen LogP) is 4.40. The van der Waals surface area contributed by atoms with Gasteiger partial charge in [-0.3, -0.25) is 0 Å². The summed E-state index contributed by atoms with van der Waals surface area (Å²) in [6.07, 6.45) is -0.366. The Morgan fingerprint density at radius 3 is 2.50 bits per heavy atom. The number of halogens is 3. The van der Waals surface area contributed by atoms with E-state index in [1.807, 2.05) is 24.3 Å². The molecular weight excluding hydrogens is 343 g/mol. The van der Waals surface area contributed by atoms with Crippen LogP contribution in [-0.2, 0) is 12.7 Å². The lowest BCUT2D eigenvalue weighted by molar-refractivity contribution is -0.136. The van der Waals surface area contributed by atoms with Crippen LogP contribution in [0.25, 0.3) is 0 Å². The molecule has 0 aliphatic carbocycles. The molecule has 1 aliphatic heterocycles. The zero-order chi connectivity index (χ0) is 18.6. The summed E-state index contributed by atoms with van der Waals surface area (Å²) in [7, 11) is 0. The molecule has 7 heteroatoms. The highest BCUT2D eigenvalue weighted by atomic mass is 19.4. The number of hydrogen-bond donors (Lipinski definition) is 2. The minimum absolute atomic E-state index is 0.217. The fraction of sp³-hybridized carbons (Fsp3) is 0.211. The topological polar surface area (TPSA) is 44.4 Å². The number of anilines is 2. The minimum Gasteiger partial charge on any atom is -0.364 e. The van der Waals surface area contributed by atoms with Crippen LogP contribution in [0, 0.1) is 0 Å². The number of rotatable bonds is 4. The summed E-state index contributed by atoms with van der Waals surface area (Å²) >= 11 is 0. The van der Waals surface area contributed by atoms with Crippen molar-refractivity contribution in [2.75, 3.05) is 23.3 Å². The maximum absolute atomic E-state index is 13.0. The molecule has 0 radical (unpaired) electrons. The van der Waals surface area contributed by atoms with Gasteiger partial charge in [0.1, 0.15) is 0 Å². The summed E-state index contributed by atoms with van der Waals surface area (Å²) in [6.45, 7) is 1.90. The lowest BCUT2D eigenvalue weighted by Gasteiger charge is -2.18. The third kappa shape index (κ3) is 4.36. The van der Waals surface area contributed by atoms with E-state index in [0.29, 0.717) is 0 Å². The zero-order valence-electron chi connectivity index (χ0n) is 13.9. The van der Waals surface area contributed by atoms with Crippen LogP contribution in [0.4, 0.5) is 29.3 Å². The van der Waals surface area contributed by atoms with Crippen LogP contribution < -0.4 is 15.5 Å². The second-order valence-corrected chi connectivity index (χ2v) is 5.90. The maximum Gasteiger partial charge on any atom is 0.418 e. The Bertz CT molecular complexity index is 810. The van der Waals surface area contributed by atoms with Gasteiger partial charge in [-0.05, 0) is 29.8 Å². The molecule has 2 N–H and O–H groups in total. The number of carbonyl (C=O) groups excluding carboxylic acids is 1. The Hall–Kier alpha value is -2.96. The van der Waals surface area contributed by atoms with Crippen molar-refractivity contribution in [1.29, 1.82) is 0 Å². The predicted molar refractivity (Wildman–Crippen MR) is 95.1 cm³/mol. The molecule has 2 amide bonds. The van der Waals surface area contributed by atoms with E-state index in [4.69, 9.17) is 0 Å². The molecule has 0 unspecified atom stereocenters. The van der Waals surface area contributed by atoms with E-state index < -0.39 is 17.8 Å². The van der Waals surface area contributed by atoms with Gasteiger partial charge in [-0.15, -0.1) is 0 Å². The van der Waals surface area contributed by atoms with Gasteiger partial charge in [0.2, 0.25) is 0 Å². The number of hydrogen-bond acceptors (Lipinski definition) is 2. The lowest BCUT2D eigenvalue weighted by Crippen LogP contribution is -2.29. The maximum atomic E-state index is 13.0. The third-order valence-electron chi connectivity index (χ3n) is 4.03. The smallest absolute Gasteiger partial charge is 0.364 e. The Labute approximate surface area is 149 Å². The second-order valence-electron chi connectivity index (χ2n) is 5.90. The number of carbonyl (C=O) groups is 1. The first-order valence-electron chi connectivity index (χ1n) is 8.13. The van der Waals surface area contributed by atoms with E-state index >= 15 is 0 Å².